The van der Waals surface area contributed by atoms with E-state index in [0.29, 0.717) is 0 Å². The van der Waals surface area contributed by atoms with E-state index in [1.165, 1.54) is 29.2 Å². The summed E-state index contributed by atoms with van der Waals surface area (Å²) in [5.74, 6) is -1.63. The molecule has 0 spiro atoms. The zero-order valence-corrected chi connectivity index (χ0v) is 14.5. The summed E-state index contributed by atoms with van der Waals surface area (Å²) in [6.07, 6.45) is 4.00. The normalized spacial score (nSPS) is 17.4. The molecule has 0 radical (unpaired) electrons. The first-order valence-corrected chi connectivity index (χ1v) is 8.36. The van der Waals surface area contributed by atoms with Crippen molar-refractivity contribution in [3.63, 3.8) is 0 Å². The van der Waals surface area contributed by atoms with Gasteiger partial charge in [-0.2, -0.15) is 0 Å². The molecule has 27 heavy (non-hydrogen) atoms. The number of carbonyl (C=O) groups is 2. The number of ketones is 1. The molecule has 136 valence electrons. The summed E-state index contributed by atoms with van der Waals surface area (Å²) in [5, 5.41) is 0. The number of rotatable bonds is 3. The highest BCUT2D eigenvalue weighted by molar-refractivity contribution is 6.15. The van der Waals surface area contributed by atoms with Crippen LogP contribution in [0.5, 0.6) is 0 Å². The standard InChI is InChI=1S/C22H17F2NO2/c1-2-21(26)25-13-17(11-15-7-3-5-9-19(15)23)22(27)18(14-25)12-16-8-4-6-10-20(16)24/h2-12H,1,13-14H2/b17-11+,18-12+. The predicted molar refractivity (Wildman–Crippen MR) is 101 cm³/mol. The molecule has 0 aromatic heterocycles. The van der Waals surface area contributed by atoms with Gasteiger partial charge in [0.1, 0.15) is 11.6 Å². The molecular weight excluding hydrogens is 348 g/mol. The highest BCUT2D eigenvalue weighted by atomic mass is 19.1. The zero-order chi connectivity index (χ0) is 19.4. The molecule has 1 aliphatic heterocycles. The molecular formula is C22H17F2NO2. The second-order valence-corrected chi connectivity index (χ2v) is 6.11. The van der Waals surface area contributed by atoms with E-state index in [9.17, 15) is 18.4 Å². The molecule has 0 atom stereocenters. The first kappa shape index (κ1) is 18.5. The topological polar surface area (TPSA) is 37.4 Å². The fraction of sp³-hybridized carbons (Fsp3) is 0.0909. The van der Waals surface area contributed by atoms with Crippen LogP contribution in [0.4, 0.5) is 8.78 Å². The number of piperidine rings is 1. The van der Waals surface area contributed by atoms with Crippen molar-refractivity contribution in [3.05, 3.63) is 95.1 Å². The largest absolute Gasteiger partial charge is 0.330 e. The van der Waals surface area contributed by atoms with Crippen molar-refractivity contribution in [2.75, 3.05) is 13.1 Å². The number of carbonyl (C=O) groups excluding carboxylic acids is 2. The first-order valence-electron chi connectivity index (χ1n) is 8.36. The Hall–Kier alpha value is -3.34. The third-order valence-electron chi connectivity index (χ3n) is 4.26. The zero-order valence-electron chi connectivity index (χ0n) is 14.5. The van der Waals surface area contributed by atoms with E-state index in [-0.39, 0.29) is 47.1 Å². The number of hydrogen-bond acceptors (Lipinski definition) is 2. The van der Waals surface area contributed by atoms with Gasteiger partial charge in [-0.15, -0.1) is 0 Å². The van der Waals surface area contributed by atoms with Crippen LogP contribution in [0.3, 0.4) is 0 Å². The maximum atomic E-state index is 14.0. The summed E-state index contributed by atoms with van der Waals surface area (Å²) < 4.78 is 27.9. The Kier molecular flexibility index (Phi) is 5.41. The fourth-order valence-electron chi connectivity index (χ4n) is 2.88. The molecule has 1 saturated heterocycles. The van der Waals surface area contributed by atoms with Gasteiger partial charge in [0, 0.05) is 22.3 Å². The van der Waals surface area contributed by atoms with Gasteiger partial charge >= 0.3 is 0 Å². The van der Waals surface area contributed by atoms with Crippen LogP contribution in [0.1, 0.15) is 11.1 Å². The maximum absolute atomic E-state index is 14.0. The number of amides is 1. The lowest BCUT2D eigenvalue weighted by Gasteiger charge is -2.29. The number of halogens is 2. The van der Waals surface area contributed by atoms with Gasteiger partial charge in [-0.3, -0.25) is 9.59 Å². The van der Waals surface area contributed by atoms with Crippen molar-refractivity contribution in [1.82, 2.24) is 4.90 Å². The SMILES string of the molecule is C=CC(=O)N1C/C(=C\c2ccccc2F)C(=O)/C(=C/c2ccccc2F)C1. The van der Waals surface area contributed by atoms with Gasteiger partial charge in [0.2, 0.25) is 5.91 Å². The molecule has 0 bridgehead atoms. The van der Waals surface area contributed by atoms with E-state index in [4.69, 9.17) is 0 Å². The van der Waals surface area contributed by atoms with Crippen molar-refractivity contribution >= 4 is 23.8 Å². The van der Waals surface area contributed by atoms with E-state index < -0.39 is 11.6 Å². The van der Waals surface area contributed by atoms with Crippen molar-refractivity contribution in [3.8, 4) is 0 Å². The number of Topliss-reactive ketones (excluding diaryl/α,β-unsaturated/α-hetero) is 1. The van der Waals surface area contributed by atoms with Gasteiger partial charge in [0.25, 0.3) is 0 Å². The van der Waals surface area contributed by atoms with Gasteiger partial charge in [0.05, 0.1) is 13.1 Å². The van der Waals surface area contributed by atoms with Crippen molar-refractivity contribution in [1.29, 1.82) is 0 Å². The molecule has 1 heterocycles. The van der Waals surface area contributed by atoms with Crippen molar-refractivity contribution in [2.45, 2.75) is 0 Å². The number of likely N-dealkylation sites (tertiary alicyclic amines) is 1. The van der Waals surface area contributed by atoms with Crippen LogP contribution in [0.2, 0.25) is 0 Å². The lowest BCUT2D eigenvalue weighted by Crippen LogP contribution is -2.40. The second-order valence-electron chi connectivity index (χ2n) is 6.11. The highest BCUT2D eigenvalue weighted by Gasteiger charge is 2.28. The van der Waals surface area contributed by atoms with Crippen LogP contribution in [-0.2, 0) is 9.59 Å². The number of nitrogens with zero attached hydrogens (tertiary/aromatic N) is 1. The molecule has 0 unspecified atom stereocenters. The van der Waals surface area contributed by atoms with Gasteiger partial charge in [0.15, 0.2) is 5.78 Å². The average Bonchev–Trinajstić information content (AvgIpc) is 2.67. The van der Waals surface area contributed by atoms with E-state index in [1.807, 2.05) is 0 Å². The second kappa shape index (κ2) is 7.91. The van der Waals surface area contributed by atoms with Crippen LogP contribution in [0.25, 0.3) is 12.2 Å². The van der Waals surface area contributed by atoms with Gasteiger partial charge in [-0.1, -0.05) is 43.0 Å². The Morgan fingerprint density at radius 1 is 0.889 bits per heavy atom. The number of benzene rings is 2. The minimum absolute atomic E-state index is 0.0344. The molecule has 0 saturated carbocycles. The lowest BCUT2D eigenvalue weighted by molar-refractivity contribution is -0.126. The van der Waals surface area contributed by atoms with E-state index in [2.05, 4.69) is 6.58 Å². The minimum atomic E-state index is -0.468. The Balaban J connectivity index is 2.05. The molecule has 1 amide bonds. The summed E-state index contributed by atoms with van der Waals surface area (Å²) in [5.41, 5.74) is 1.01. The summed E-state index contributed by atoms with van der Waals surface area (Å²) in [6.45, 7) is 3.53. The van der Waals surface area contributed by atoms with E-state index >= 15 is 0 Å². The Labute approximate surface area is 155 Å². The van der Waals surface area contributed by atoms with Crippen molar-refractivity contribution in [2.24, 2.45) is 0 Å². The maximum Gasteiger partial charge on any atom is 0.246 e. The quantitative estimate of drug-likeness (QED) is 0.770. The molecule has 0 N–H and O–H groups in total. The summed E-state index contributed by atoms with van der Waals surface area (Å²) in [7, 11) is 0. The molecule has 1 aliphatic rings. The molecule has 5 heteroatoms. The molecule has 2 aromatic carbocycles. The summed E-state index contributed by atoms with van der Waals surface area (Å²) in [6, 6.07) is 12.1. The fourth-order valence-corrected chi connectivity index (χ4v) is 2.88. The predicted octanol–water partition coefficient (Wildman–Crippen LogP) is 4.03. The minimum Gasteiger partial charge on any atom is -0.330 e. The first-order chi connectivity index (χ1) is 13.0. The van der Waals surface area contributed by atoms with Crippen LogP contribution in [0, 0.1) is 11.6 Å². The third-order valence-corrected chi connectivity index (χ3v) is 4.26. The number of hydrogen-bond donors (Lipinski definition) is 0. The summed E-state index contributed by atoms with van der Waals surface area (Å²) in [4.78, 5) is 26.4. The van der Waals surface area contributed by atoms with Gasteiger partial charge in [-0.25, -0.2) is 8.78 Å². The van der Waals surface area contributed by atoms with Crippen LogP contribution in [-0.4, -0.2) is 29.7 Å². The molecule has 1 fully saturated rings. The van der Waals surface area contributed by atoms with Gasteiger partial charge in [-0.05, 0) is 30.4 Å². The average molecular weight is 365 g/mol. The lowest BCUT2D eigenvalue weighted by atomic mass is 9.94. The molecule has 3 rings (SSSR count). The van der Waals surface area contributed by atoms with E-state index in [0.717, 1.165) is 6.08 Å². The van der Waals surface area contributed by atoms with Crippen LogP contribution < -0.4 is 0 Å². The highest BCUT2D eigenvalue weighted by Crippen LogP contribution is 2.24. The summed E-state index contributed by atoms with van der Waals surface area (Å²) >= 11 is 0. The monoisotopic (exact) mass is 365 g/mol. The van der Waals surface area contributed by atoms with Crippen molar-refractivity contribution < 1.29 is 18.4 Å². The Bertz CT molecular complexity index is 908. The van der Waals surface area contributed by atoms with E-state index in [1.54, 1.807) is 36.4 Å². The third kappa shape index (κ3) is 4.08. The van der Waals surface area contributed by atoms with Crippen LogP contribution >= 0.6 is 0 Å². The molecule has 3 nitrogen and oxygen atoms in total. The Morgan fingerprint density at radius 2 is 1.33 bits per heavy atom. The molecule has 2 aromatic rings. The van der Waals surface area contributed by atoms with Gasteiger partial charge < -0.3 is 4.90 Å². The van der Waals surface area contributed by atoms with Crippen LogP contribution in [0.15, 0.2) is 72.3 Å². The Morgan fingerprint density at radius 3 is 1.74 bits per heavy atom. The molecule has 0 aliphatic carbocycles. The smallest absolute Gasteiger partial charge is 0.246 e.